The van der Waals surface area contributed by atoms with E-state index in [4.69, 9.17) is 16.3 Å². The van der Waals surface area contributed by atoms with Crippen LogP contribution in [0.2, 0.25) is 5.02 Å². The second-order valence-electron chi connectivity index (χ2n) is 6.63. The van der Waals surface area contributed by atoms with Crippen molar-refractivity contribution in [1.29, 1.82) is 0 Å². The van der Waals surface area contributed by atoms with Gasteiger partial charge in [0.25, 0.3) is 0 Å². The Kier molecular flexibility index (Phi) is 5.29. The zero-order valence-electron chi connectivity index (χ0n) is 15.5. The van der Waals surface area contributed by atoms with Crippen molar-refractivity contribution in [3.63, 3.8) is 0 Å². The number of benzene rings is 1. The molecule has 9 heteroatoms. The molecule has 1 amide bonds. The van der Waals surface area contributed by atoms with Gasteiger partial charge >= 0.3 is 0 Å². The number of halogens is 1. The van der Waals surface area contributed by atoms with Crippen molar-refractivity contribution in [3.05, 3.63) is 41.7 Å². The number of rotatable bonds is 5. The van der Waals surface area contributed by atoms with E-state index in [9.17, 15) is 4.79 Å². The number of nitrogens with one attached hydrogen (secondary N) is 1. The van der Waals surface area contributed by atoms with E-state index < -0.39 is 0 Å². The smallest absolute Gasteiger partial charge is 0.227 e. The Morgan fingerprint density at radius 2 is 2.11 bits per heavy atom. The number of hydrogen-bond acceptors (Lipinski definition) is 6. The van der Waals surface area contributed by atoms with E-state index in [-0.39, 0.29) is 11.8 Å². The van der Waals surface area contributed by atoms with Crippen molar-refractivity contribution < 1.29 is 9.53 Å². The summed E-state index contributed by atoms with van der Waals surface area (Å²) in [5.41, 5.74) is 1.33. The Morgan fingerprint density at radius 1 is 1.29 bits per heavy atom. The molecule has 3 heterocycles. The highest BCUT2D eigenvalue weighted by molar-refractivity contribution is 6.32. The monoisotopic (exact) mass is 400 g/mol. The second kappa shape index (κ2) is 8.02. The van der Waals surface area contributed by atoms with E-state index in [2.05, 4.69) is 25.5 Å². The Hall–Kier alpha value is -2.87. The Balaban J connectivity index is 1.39. The summed E-state index contributed by atoms with van der Waals surface area (Å²) in [6, 6.07) is 9.19. The third-order valence-corrected chi connectivity index (χ3v) is 5.15. The molecule has 2 aromatic heterocycles. The molecule has 0 saturated carbocycles. The molecular formula is C19H21ClN6O2. The quantitative estimate of drug-likeness (QED) is 0.708. The van der Waals surface area contributed by atoms with Gasteiger partial charge in [-0.3, -0.25) is 4.79 Å². The molecule has 0 unspecified atom stereocenters. The van der Waals surface area contributed by atoms with Gasteiger partial charge in [0.05, 0.1) is 17.3 Å². The second-order valence-corrected chi connectivity index (χ2v) is 7.03. The zero-order chi connectivity index (χ0) is 19.5. The lowest BCUT2D eigenvalue weighted by molar-refractivity contribution is -0.120. The summed E-state index contributed by atoms with van der Waals surface area (Å²) >= 11 is 6.20. The molecule has 28 heavy (non-hydrogen) atoms. The van der Waals surface area contributed by atoms with Crippen molar-refractivity contribution in [2.24, 2.45) is 5.92 Å². The van der Waals surface area contributed by atoms with Crippen LogP contribution in [-0.4, -0.2) is 45.4 Å². The molecule has 1 N–H and O–H groups in total. The topological polar surface area (TPSA) is 84.6 Å². The molecule has 1 fully saturated rings. The lowest BCUT2D eigenvalue weighted by Gasteiger charge is -2.32. The maximum atomic E-state index is 12.8. The molecule has 146 valence electrons. The average Bonchev–Trinajstić information content (AvgIpc) is 3.18. The molecule has 8 nitrogen and oxygen atoms in total. The van der Waals surface area contributed by atoms with Gasteiger partial charge in [0.15, 0.2) is 11.4 Å². The molecule has 1 aliphatic heterocycles. The maximum absolute atomic E-state index is 12.8. The van der Waals surface area contributed by atoms with Crippen LogP contribution in [0.15, 0.2) is 36.7 Å². The first-order valence-corrected chi connectivity index (χ1v) is 9.67. The fourth-order valence-corrected chi connectivity index (χ4v) is 3.62. The first-order chi connectivity index (χ1) is 13.7. The number of nitrogens with zero attached hydrogens (tertiary/aromatic N) is 5. The van der Waals surface area contributed by atoms with Crippen LogP contribution < -0.4 is 15.0 Å². The first-order valence-electron chi connectivity index (χ1n) is 9.30. The number of para-hydroxylation sites is 1. The van der Waals surface area contributed by atoms with Crippen LogP contribution in [-0.2, 0) is 4.79 Å². The largest absolute Gasteiger partial charge is 0.490 e. The summed E-state index contributed by atoms with van der Waals surface area (Å²) in [5.74, 6) is 1.30. The summed E-state index contributed by atoms with van der Waals surface area (Å²) in [6.45, 7) is 3.88. The summed E-state index contributed by atoms with van der Waals surface area (Å²) in [6.07, 6.45) is 3.08. The van der Waals surface area contributed by atoms with Crippen LogP contribution in [0.25, 0.3) is 5.65 Å². The average molecular weight is 401 g/mol. The van der Waals surface area contributed by atoms with Gasteiger partial charge in [0, 0.05) is 19.0 Å². The molecule has 1 aromatic carbocycles. The highest BCUT2D eigenvalue weighted by Gasteiger charge is 2.26. The van der Waals surface area contributed by atoms with E-state index in [1.54, 1.807) is 23.0 Å². The van der Waals surface area contributed by atoms with Crippen LogP contribution in [0.1, 0.15) is 19.8 Å². The zero-order valence-corrected chi connectivity index (χ0v) is 16.3. The van der Waals surface area contributed by atoms with Crippen LogP contribution in [0.5, 0.6) is 5.75 Å². The number of anilines is 2. The minimum absolute atomic E-state index is 0.00918. The number of aromatic nitrogens is 4. The molecule has 0 aliphatic carbocycles. The van der Waals surface area contributed by atoms with Gasteiger partial charge in [-0.1, -0.05) is 17.7 Å². The molecule has 0 bridgehead atoms. The first kappa shape index (κ1) is 18.5. The van der Waals surface area contributed by atoms with Gasteiger partial charge in [-0.15, -0.1) is 15.3 Å². The van der Waals surface area contributed by atoms with E-state index >= 15 is 0 Å². The molecule has 0 spiro atoms. The van der Waals surface area contributed by atoms with Gasteiger partial charge in [0.1, 0.15) is 12.1 Å². The molecule has 0 atom stereocenters. The van der Waals surface area contributed by atoms with E-state index in [1.165, 1.54) is 0 Å². The summed E-state index contributed by atoms with van der Waals surface area (Å²) in [5, 5.41) is 15.8. The Labute approximate surface area is 167 Å². The van der Waals surface area contributed by atoms with Gasteiger partial charge in [0.2, 0.25) is 5.91 Å². The minimum Gasteiger partial charge on any atom is -0.490 e. The normalized spacial score (nSPS) is 15.0. The Morgan fingerprint density at radius 3 is 2.89 bits per heavy atom. The fraction of sp³-hybridized carbons (Fsp3) is 0.368. The van der Waals surface area contributed by atoms with Crippen molar-refractivity contribution >= 4 is 34.7 Å². The van der Waals surface area contributed by atoms with Crippen molar-refractivity contribution in [1.82, 2.24) is 19.8 Å². The number of amides is 1. The summed E-state index contributed by atoms with van der Waals surface area (Å²) in [7, 11) is 0. The molecular weight excluding hydrogens is 380 g/mol. The molecule has 1 saturated heterocycles. The standard InChI is InChI=1S/C19H21ClN6O2/c1-2-28-18-14(20)4-3-5-15(18)22-19(27)13-8-10-25(11-9-13)17-7-6-16-23-21-12-26(16)24-17/h3-7,12-13H,2,8-11H2,1H3,(H,22,27). The van der Waals surface area contributed by atoms with Crippen LogP contribution in [0.4, 0.5) is 11.5 Å². The highest BCUT2D eigenvalue weighted by Crippen LogP contribution is 2.33. The lowest BCUT2D eigenvalue weighted by Crippen LogP contribution is -2.38. The lowest BCUT2D eigenvalue weighted by atomic mass is 9.95. The number of piperidine rings is 1. The van der Waals surface area contributed by atoms with Gasteiger partial charge in [-0.25, -0.2) is 0 Å². The number of carbonyl (C=O) groups is 1. The molecule has 1 aliphatic rings. The predicted octanol–water partition coefficient (Wildman–Crippen LogP) is 3.03. The third kappa shape index (κ3) is 3.73. The predicted molar refractivity (Wildman–Crippen MR) is 107 cm³/mol. The van der Waals surface area contributed by atoms with Crippen molar-refractivity contribution in [2.45, 2.75) is 19.8 Å². The fourth-order valence-electron chi connectivity index (χ4n) is 3.39. The van der Waals surface area contributed by atoms with Crippen molar-refractivity contribution in [2.75, 3.05) is 29.9 Å². The maximum Gasteiger partial charge on any atom is 0.227 e. The van der Waals surface area contributed by atoms with Crippen LogP contribution >= 0.6 is 11.6 Å². The van der Waals surface area contributed by atoms with Crippen LogP contribution in [0.3, 0.4) is 0 Å². The summed E-state index contributed by atoms with van der Waals surface area (Å²) < 4.78 is 7.24. The molecule has 4 rings (SSSR count). The molecule has 3 aromatic rings. The van der Waals surface area contributed by atoms with Crippen LogP contribution in [0, 0.1) is 5.92 Å². The van der Waals surface area contributed by atoms with Gasteiger partial charge in [-0.05, 0) is 44.0 Å². The number of hydrogen-bond donors (Lipinski definition) is 1. The van der Waals surface area contributed by atoms with E-state index in [0.717, 1.165) is 31.7 Å². The third-order valence-electron chi connectivity index (χ3n) is 4.85. The van der Waals surface area contributed by atoms with E-state index in [1.807, 2.05) is 25.1 Å². The Bertz CT molecular complexity index is 983. The summed E-state index contributed by atoms with van der Waals surface area (Å²) in [4.78, 5) is 14.9. The van der Waals surface area contributed by atoms with E-state index in [0.29, 0.717) is 28.7 Å². The van der Waals surface area contributed by atoms with Gasteiger partial charge in [-0.2, -0.15) is 4.52 Å². The highest BCUT2D eigenvalue weighted by atomic mass is 35.5. The van der Waals surface area contributed by atoms with Crippen molar-refractivity contribution in [3.8, 4) is 5.75 Å². The minimum atomic E-state index is -0.0663. The van der Waals surface area contributed by atoms with Gasteiger partial charge < -0.3 is 15.0 Å². The number of carbonyl (C=O) groups excluding carboxylic acids is 1. The number of fused-ring (bicyclic) bond motifs is 1. The molecule has 0 radical (unpaired) electrons. The SMILES string of the molecule is CCOc1c(Cl)cccc1NC(=O)C1CCN(c2ccc3nncn3n2)CC1. The number of ether oxygens (including phenoxy) is 1.